The molecule has 1 atom stereocenters. The Balaban J connectivity index is 1.61. The fourth-order valence-electron chi connectivity index (χ4n) is 3.96. The Bertz CT molecular complexity index is 1150. The van der Waals surface area contributed by atoms with Crippen LogP contribution in [0.5, 0.6) is 11.5 Å². The van der Waals surface area contributed by atoms with E-state index in [0.717, 1.165) is 22.6 Å². The number of pyridine rings is 1. The number of aromatic nitrogens is 1. The van der Waals surface area contributed by atoms with Crippen molar-refractivity contribution >= 4 is 17.5 Å². The Labute approximate surface area is 199 Å². The smallest absolute Gasteiger partial charge is 0.268 e. The number of nitrogens with zero attached hydrogens (tertiary/aromatic N) is 3. The fourth-order valence-corrected chi connectivity index (χ4v) is 3.96. The van der Waals surface area contributed by atoms with Crippen LogP contribution in [0.3, 0.4) is 0 Å². The number of ether oxygens (including phenoxy) is 2. The van der Waals surface area contributed by atoms with E-state index in [1.165, 1.54) is 0 Å². The lowest BCUT2D eigenvalue weighted by Gasteiger charge is -2.35. The topological polar surface area (TPSA) is 72.0 Å². The van der Waals surface area contributed by atoms with Gasteiger partial charge in [0.05, 0.1) is 25.0 Å². The van der Waals surface area contributed by atoms with E-state index in [4.69, 9.17) is 9.47 Å². The number of hydrogen-bond donors (Lipinski definition) is 0. The van der Waals surface area contributed by atoms with Crippen LogP contribution < -0.4 is 14.4 Å². The van der Waals surface area contributed by atoms with E-state index in [9.17, 15) is 9.59 Å². The third-order valence-electron chi connectivity index (χ3n) is 5.84. The molecule has 1 aromatic heterocycles. The third kappa shape index (κ3) is 5.20. The number of aryl methyl sites for hydroxylation is 1. The minimum absolute atomic E-state index is 0.0713. The zero-order valence-electron chi connectivity index (χ0n) is 19.7. The molecule has 2 heterocycles. The highest BCUT2D eigenvalue weighted by molar-refractivity contribution is 6.03. The van der Waals surface area contributed by atoms with Gasteiger partial charge < -0.3 is 14.4 Å². The first kappa shape index (κ1) is 23.3. The second-order valence-corrected chi connectivity index (χ2v) is 8.33. The molecular formula is C27H29N3O4. The van der Waals surface area contributed by atoms with E-state index < -0.39 is 6.10 Å². The van der Waals surface area contributed by atoms with Gasteiger partial charge in [-0.1, -0.05) is 31.2 Å². The predicted octanol–water partition coefficient (Wildman–Crippen LogP) is 4.13. The Morgan fingerprint density at radius 2 is 1.91 bits per heavy atom. The number of benzene rings is 2. The molecule has 0 N–H and O–H groups in total. The Kier molecular flexibility index (Phi) is 7.11. The van der Waals surface area contributed by atoms with Gasteiger partial charge in [-0.15, -0.1) is 0 Å². The molecule has 2 amide bonds. The predicted molar refractivity (Wildman–Crippen MR) is 130 cm³/mol. The van der Waals surface area contributed by atoms with E-state index in [0.29, 0.717) is 30.9 Å². The molecule has 1 aliphatic rings. The number of anilines is 1. The number of amides is 2. The average Bonchev–Trinajstić information content (AvgIpc) is 2.86. The summed E-state index contributed by atoms with van der Waals surface area (Å²) in [6.07, 6.45) is 1.64. The monoisotopic (exact) mass is 459 g/mol. The SMILES string of the molecule is CCC1Oc2ccc(C)cc2N(CC(=O)N(Cc2ccc(OC)cc2)Cc2ccccn2)C1=O. The molecule has 0 aliphatic carbocycles. The maximum atomic E-state index is 13.6. The number of carbonyl (C=O) groups is 2. The summed E-state index contributed by atoms with van der Waals surface area (Å²) < 4.78 is 11.1. The van der Waals surface area contributed by atoms with Crippen LogP contribution in [0, 0.1) is 6.92 Å². The summed E-state index contributed by atoms with van der Waals surface area (Å²) in [7, 11) is 1.62. The summed E-state index contributed by atoms with van der Waals surface area (Å²) in [6.45, 7) is 4.50. The highest BCUT2D eigenvalue weighted by Crippen LogP contribution is 2.35. The van der Waals surface area contributed by atoms with Crippen molar-refractivity contribution in [1.29, 1.82) is 0 Å². The van der Waals surface area contributed by atoms with Crippen LogP contribution in [0.25, 0.3) is 0 Å². The Hall–Kier alpha value is -3.87. The summed E-state index contributed by atoms with van der Waals surface area (Å²) >= 11 is 0. The van der Waals surface area contributed by atoms with Gasteiger partial charge in [0.2, 0.25) is 5.91 Å². The van der Waals surface area contributed by atoms with Gasteiger partial charge in [-0.3, -0.25) is 19.5 Å². The van der Waals surface area contributed by atoms with E-state index in [2.05, 4.69) is 4.98 Å². The Morgan fingerprint density at radius 3 is 2.59 bits per heavy atom. The van der Waals surface area contributed by atoms with Crippen LogP contribution in [0.15, 0.2) is 66.9 Å². The summed E-state index contributed by atoms with van der Waals surface area (Å²) in [6, 6.07) is 18.9. The van der Waals surface area contributed by atoms with Gasteiger partial charge in [0.15, 0.2) is 6.10 Å². The number of hydrogen-bond acceptors (Lipinski definition) is 5. The quantitative estimate of drug-likeness (QED) is 0.507. The summed E-state index contributed by atoms with van der Waals surface area (Å²) in [4.78, 5) is 34.5. The van der Waals surface area contributed by atoms with Crippen LogP contribution in [0.4, 0.5) is 5.69 Å². The van der Waals surface area contributed by atoms with Crippen molar-refractivity contribution in [3.05, 3.63) is 83.7 Å². The van der Waals surface area contributed by atoms with Crippen LogP contribution in [0.1, 0.15) is 30.2 Å². The molecule has 4 rings (SSSR count). The number of carbonyl (C=O) groups excluding carboxylic acids is 2. The minimum atomic E-state index is -0.603. The second-order valence-electron chi connectivity index (χ2n) is 8.33. The lowest BCUT2D eigenvalue weighted by molar-refractivity contribution is -0.134. The van der Waals surface area contributed by atoms with Crippen molar-refractivity contribution in [1.82, 2.24) is 9.88 Å². The first-order chi connectivity index (χ1) is 16.5. The molecule has 2 aromatic carbocycles. The Morgan fingerprint density at radius 1 is 1.12 bits per heavy atom. The van der Waals surface area contributed by atoms with Gasteiger partial charge in [-0.25, -0.2) is 0 Å². The van der Waals surface area contributed by atoms with E-state index >= 15 is 0 Å². The normalized spacial score (nSPS) is 14.9. The molecule has 34 heavy (non-hydrogen) atoms. The minimum Gasteiger partial charge on any atom is -0.497 e. The average molecular weight is 460 g/mol. The maximum Gasteiger partial charge on any atom is 0.268 e. The summed E-state index contributed by atoms with van der Waals surface area (Å²) in [5.74, 6) is 1.01. The van der Waals surface area contributed by atoms with Gasteiger partial charge >= 0.3 is 0 Å². The summed E-state index contributed by atoms with van der Waals surface area (Å²) in [5, 5.41) is 0. The number of fused-ring (bicyclic) bond motifs is 1. The molecule has 0 spiro atoms. The molecule has 0 bridgehead atoms. The van der Waals surface area contributed by atoms with Gasteiger partial charge in [0, 0.05) is 12.7 Å². The van der Waals surface area contributed by atoms with Gasteiger partial charge in [-0.2, -0.15) is 0 Å². The van der Waals surface area contributed by atoms with E-state index in [1.54, 1.807) is 23.1 Å². The van der Waals surface area contributed by atoms with Crippen LogP contribution in [-0.4, -0.2) is 41.5 Å². The van der Waals surface area contributed by atoms with E-state index in [1.807, 2.05) is 74.5 Å². The zero-order valence-corrected chi connectivity index (χ0v) is 19.7. The first-order valence-corrected chi connectivity index (χ1v) is 11.4. The van der Waals surface area contributed by atoms with Crippen LogP contribution >= 0.6 is 0 Å². The van der Waals surface area contributed by atoms with Crippen molar-refractivity contribution in [3.8, 4) is 11.5 Å². The molecule has 176 valence electrons. The van der Waals surface area contributed by atoms with Crippen molar-refractivity contribution < 1.29 is 19.1 Å². The largest absolute Gasteiger partial charge is 0.497 e. The van der Waals surface area contributed by atoms with Crippen molar-refractivity contribution in [2.75, 3.05) is 18.6 Å². The highest BCUT2D eigenvalue weighted by Gasteiger charge is 2.35. The molecule has 0 radical (unpaired) electrons. The molecule has 7 heteroatoms. The lowest BCUT2D eigenvalue weighted by Crippen LogP contribution is -2.50. The molecule has 3 aromatic rings. The van der Waals surface area contributed by atoms with Crippen molar-refractivity contribution in [3.63, 3.8) is 0 Å². The van der Waals surface area contributed by atoms with Crippen LogP contribution in [0.2, 0.25) is 0 Å². The maximum absolute atomic E-state index is 13.6. The number of rotatable bonds is 8. The van der Waals surface area contributed by atoms with Gasteiger partial charge in [0.25, 0.3) is 5.91 Å². The second kappa shape index (κ2) is 10.4. The zero-order chi connectivity index (χ0) is 24.1. The summed E-state index contributed by atoms with van der Waals surface area (Å²) in [5.41, 5.74) is 3.36. The third-order valence-corrected chi connectivity index (χ3v) is 5.84. The standard InChI is InChI=1S/C27H29N3O4/c1-4-24-27(32)30(23-15-19(2)8-13-25(23)34-24)18-26(31)29(17-21-7-5-6-14-28-21)16-20-9-11-22(33-3)12-10-20/h5-15,24H,4,16-18H2,1-3H3. The fraction of sp³-hybridized carbons (Fsp3) is 0.296. The van der Waals surface area contributed by atoms with Crippen molar-refractivity contribution in [2.45, 2.75) is 39.5 Å². The van der Waals surface area contributed by atoms with Gasteiger partial charge in [0.1, 0.15) is 18.0 Å². The number of methoxy groups -OCH3 is 1. The van der Waals surface area contributed by atoms with E-state index in [-0.39, 0.29) is 18.4 Å². The lowest BCUT2D eigenvalue weighted by atomic mass is 10.1. The molecular weight excluding hydrogens is 430 g/mol. The first-order valence-electron chi connectivity index (χ1n) is 11.4. The molecule has 1 aliphatic heterocycles. The van der Waals surface area contributed by atoms with Crippen LogP contribution in [-0.2, 0) is 22.7 Å². The highest BCUT2D eigenvalue weighted by atomic mass is 16.5. The molecule has 7 nitrogen and oxygen atoms in total. The molecule has 1 unspecified atom stereocenters. The molecule has 0 saturated heterocycles. The van der Waals surface area contributed by atoms with Crippen molar-refractivity contribution in [2.24, 2.45) is 0 Å². The molecule has 0 saturated carbocycles. The molecule has 0 fully saturated rings. The van der Waals surface area contributed by atoms with Gasteiger partial charge in [-0.05, 0) is 60.9 Å².